The highest BCUT2D eigenvalue weighted by molar-refractivity contribution is 14.1. The van der Waals surface area contributed by atoms with Crippen LogP contribution in [-0.2, 0) is 4.74 Å². The summed E-state index contributed by atoms with van der Waals surface area (Å²) in [6.07, 6.45) is -5.86. The molecular formula is C24H18F3IO2. The number of benzene rings is 3. The monoisotopic (exact) mass is 522 g/mol. The van der Waals surface area contributed by atoms with Gasteiger partial charge >= 0.3 is 12.1 Å². The van der Waals surface area contributed by atoms with Gasteiger partial charge in [0.05, 0.1) is 12.0 Å². The molecule has 0 aliphatic heterocycles. The highest BCUT2D eigenvalue weighted by Gasteiger charge is 2.33. The Labute approximate surface area is 186 Å². The number of halogens is 4. The third-order valence-corrected chi connectivity index (χ3v) is 5.25. The van der Waals surface area contributed by atoms with Crippen LogP contribution in [0.1, 0.15) is 27.9 Å². The molecule has 0 heterocycles. The van der Waals surface area contributed by atoms with Gasteiger partial charge in [-0.25, -0.2) is 4.79 Å². The van der Waals surface area contributed by atoms with Crippen molar-refractivity contribution in [1.82, 2.24) is 0 Å². The highest BCUT2D eigenvalue weighted by Crippen LogP contribution is 2.29. The summed E-state index contributed by atoms with van der Waals surface area (Å²) in [6.45, 7) is 0. The van der Waals surface area contributed by atoms with Gasteiger partial charge in [0.2, 0.25) is 0 Å². The Morgan fingerprint density at radius 2 is 1.37 bits per heavy atom. The molecule has 0 bridgehead atoms. The number of rotatable bonds is 6. The molecule has 30 heavy (non-hydrogen) atoms. The van der Waals surface area contributed by atoms with Gasteiger partial charge in [-0.2, -0.15) is 13.2 Å². The maximum Gasteiger partial charge on any atom is 0.392 e. The van der Waals surface area contributed by atoms with E-state index in [-0.39, 0.29) is 5.56 Å². The van der Waals surface area contributed by atoms with Crippen LogP contribution in [-0.4, -0.2) is 18.2 Å². The fraction of sp³-hybridized carbons (Fsp3) is 0.125. The van der Waals surface area contributed by atoms with Crippen LogP contribution in [0, 0.1) is 3.57 Å². The predicted molar refractivity (Wildman–Crippen MR) is 119 cm³/mol. The molecule has 0 aliphatic carbocycles. The molecule has 3 aromatic rings. The Balaban J connectivity index is 2.01. The lowest BCUT2D eigenvalue weighted by Crippen LogP contribution is -2.24. The first kappa shape index (κ1) is 22.1. The van der Waals surface area contributed by atoms with Crippen molar-refractivity contribution < 1.29 is 22.7 Å². The maximum absolute atomic E-state index is 13.3. The van der Waals surface area contributed by atoms with Crippen molar-refractivity contribution in [2.24, 2.45) is 0 Å². The molecule has 3 aromatic carbocycles. The first-order valence-corrected chi connectivity index (χ1v) is 10.3. The normalized spacial score (nSPS) is 12.1. The van der Waals surface area contributed by atoms with Crippen molar-refractivity contribution in [3.63, 3.8) is 0 Å². The van der Waals surface area contributed by atoms with Crippen molar-refractivity contribution in [1.29, 1.82) is 0 Å². The molecule has 6 heteroatoms. The van der Waals surface area contributed by atoms with E-state index in [4.69, 9.17) is 4.74 Å². The van der Waals surface area contributed by atoms with Crippen LogP contribution in [0.5, 0.6) is 0 Å². The third-order valence-electron chi connectivity index (χ3n) is 4.31. The summed E-state index contributed by atoms with van der Waals surface area (Å²) >= 11 is 1.96. The van der Waals surface area contributed by atoms with Gasteiger partial charge in [-0.15, -0.1) is 0 Å². The molecule has 2 nitrogen and oxygen atoms in total. The van der Waals surface area contributed by atoms with E-state index < -0.39 is 24.7 Å². The summed E-state index contributed by atoms with van der Waals surface area (Å²) in [5.41, 5.74) is 2.28. The lowest BCUT2D eigenvalue weighted by molar-refractivity contribution is -0.149. The summed E-state index contributed by atoms with van der Waals surface area (Å²) in [7, 11) is 0. The zero-order chi connectivity index (χ0) is 21.6. The summed E-state index contributed by atoms with van der Waals surface area (Å²) in [5, 5.41) is 0. The van der Waals surface area contributed by atoms with E-state index in [0.717, 1.165) is 11.1 Å². The molecule has 0 aliphatic rings. The van der Waals surface area contributed by atoms with Crippen LogP contribution in [0.15, 0.2) is 91.0 Å². The van der Waals surface area contributed by atoms with Crippen molar-refractivity contribution in [2.45, 2.75) is 18.7 Å². The van der Waals surface area contributed by atoms with Gasteiger partial charge in [0.25, 0.3) is 0 Å². The number of esters is 1. The predicted octanol–water partition coefficient (Wildman–Crippen LogP) is 6.90. The number of hydrogen-bond acceptors (Lipinski definition) is 2. The van der Waals surface area contributed by atoms with Gasteiger partial charge in [-0.05, 0) is 57.5 Å². The molecule has 0 saturated carbocycles. The quantitative estimate of drug-likeness (QED) is 0.260. The third kappa shape index (κ3) is 6.19. The van der Waals surface area contributed by atoms with E-state index in [9.17, 15) is 18.0 Å². The minimum Gasteiger partial charge on any atom is -0.454 e. The second kappa shape index (κ2) is 9.93. The van der Waals surface area contributed by atoms with E-state index in [1.54, 1.807) is 18.2 Å². The van der Waals surface area contributed by atoms with Gasteiger partial charge in [-0.1, -0.05) is 72.8 Å². The minimum atomic E-state index is -4.50. The molecule has 1 atom stereocenters. The fourth-order valence-electron chi connectivity index (χ4n) is 2.97. The van der Waals surface area contributed by atoms with Gasteiger partial charge in [0.1, 0.15) is 6.10 Å². The zero-order valence-corrected chi connectivity index (χ0v) is 17.9. The van der Waals surface area contributed by atoms with E-state index >= 15 is 0 Å². The van der Waals surface area contributed by atoms with Crippen molar-refractivity contribution in [3.8, 4) is 0 Å². The lowest BCUT2D eigenvalue weighted by atomic mass is 9.96. The van der Waals surface area contributed by atoms with Crippen molar-refractivity contribution in [3.05, 3.63) is 111 Å². The Bertz CT molecular complexity index is 974. The first-order valence-electron chi connectivity index (χ1n) is 9.18. The fourth-order valence-corrected chi connectivity index (χ4v) is 3.58. The Morgan fingerprint density at radius 3 is 1.87 bits per heavy atom. The van der Waals surface area contributed by atoms with Crippen molar-refractivity contribution >= 4 is 34.1 Å². The van der Waals surface area contributed by atoms with Crippen LogP contribution in [0.3, 0.4) is 0 Å². The number of alkyl halides is 3. The first-order chi connectivity index (χ1) is 14.3. The Kier molecular flexibility index (Phi) is 7.31. The molecule has 0 saturated heterocycles. The number of ether oxygens (including phenoxy) is 1. The van der Waals surface area contributed by atoms with Gasteiger partial charge < -0.3 is 4.74 Å². The standard InChI is InChI=1S/C24H18F3IO2/c25-24(26,27)16-19(30-23(29)20-13-7-8-14-22(20)28)15-21(17-9-3-1-4-10-17)18-11-5-2-6-12-18/h1-15,19H,16H2. The van der Waals surface area contributed by atoms with E-state index in [1.165, 1.54) is 12.1 Å². The molecule has 1 unspecified atom stereocenters. The van der Waals surface area contributed by atoms with E-state index in [2.05, 4.69) is 0 Å². The highest BCUT2D eigenvalue weighted by atomic mass is 127. The van der Waals surface area contributed by atoms with Gasteiger partial charge in [-0.3, -0.25) is 0 Å². The van der Waals surface area contributed by atoms with Crippen LogP contribution >= 0.6 is 22.6 Å². The van der Waals surface area contributed by atoms with Crippen LogP contribution in [0.4, 0.5) is 13.2 Å². The minimum absolute atomic E-state index is 0.236. The number of hydrogen-bond donors (Lipinski definition) is 0. The molecule has 0 radical (unpaired) electrons. The average Bonchev–Trinajstić information content (AvgIpc) is 2.72. The largest absolute Gasteiger partial charge is 0.454 e. The number of carbonyl (C=O) groups is 1. The molecule has 0 amide bonds. The smallest absolute Gasteiger partial charge is 0.392 e. The maximum atomic E-state index is 13.3. The molecule has 0 spiro atoms. The average molecular weight is 522 g/mol. The zero-order valence-electron chi connectivity index (χ0n) is 15.8. The number of carbonyl (C=O) groups excluding carboxylic acids is 1. The summed E-state index contributed by atoms with van der Waals surface area (Å²) < 4.78 is 45.8. The van der Waals surface area contributed by atoms with Crippen LogP contribution < -0.4 is 0 Å². The van der Waals surface area contributed by atoms with Crippen molar-refractivity contribution in [2.75, 3.05) is 0 Å². The summed E-state index contributed by atoms with van der Waals surface area (Å²) in [4.78, 5) is 12.6. The topological polar surface area (TPSA) is 26.3 Å². The van der Waals surface area contributed by atoms with Crippen LogP contribution in [0.2, 0.25) is 0 Å². The lowest BCUT2D eigenvalue weighted by Gasteiger charge is -2.19. The van der Waals surface area contributed by atoms with E-state index in [0.29, 0.717) is 9.14 Å². The summed E-state index contributed by atoms with van der Waals surface area (Å²) in [5.74, 6) is -0.786. The molecule has 3 rings (SSSR count). The van der Waals surface area contributed by atoms with Gasteiger partial charge in [0.15, 0.2) is 0 Å². The molecular weight excluding hydrogens is 504 g/mol. The summed E-state index contributed by atoms with van der Waals surface area (Å²) in [6, 6.07) is 24.8. The molecule has 154 valence electrons. The van der Waals surface area contributed by atoms with Gasteiger partial charge in [0, 0.05) is 3.57 Å². The van der Waals surface area contributed by atoms with Crippen LogP contribution in [0.25, 0.3) is 5.57 Å². The second-order valence-electron chi connectivity index (χ2n) is 6.56. The molecule has 0 N–H and O–H groups in total. The Hall–Kier alpha value is -2.61. The molecule has 0 fully saturated rings. The Morgan fingerprint density at radius 1 is 0.867 bits per heavy atom. The molecule has 0 aromatic heterocycles. The second-order valence-corrected chi connectivity index (χ2v) is 7.72. The SMILES string of the molecule is O=C(OC(C=C(c1ccccc1)c1ccccc1)CC(F)(F)F)c1ccccc1I. The van der Waals surface area contributed by atoms with E-state index in [1.807, 2.05) is 83.3 Å².